The molecule has 132 valence electrons. The van der Waals surface area contributed by atoms with Crippen LogP contribution in [0.2, 0.25) is 0 Å². The van der Waals surface area contributed by atoms with Crippen molar-refractivity contribution in [1.29, 1.82) is 0 Å². The van der Waals surface area contributed by atoms with Gasteiger partial charge in [0.25, 0.3) is 0 Å². The highest BCUT2D eigenvalue weighted by molar-refractivity contribution is 5.96. The van der Waals surface area contributed by atoms with E-state index in [4.69, 9.17) is 0 Å². The Morgan fingerprint density at radius 1 is 1.12 bits per heavy atom. The third-order valence-corrected chi connectivity index (χ3v) is 4.58. The Bertz CT molecular complexity index is 959. The van der Waals surface area contributed by atoms with Gasteiger partial charge in [0.2, 0.25) is 5.88 Å². The molecule has 1 amide bonds. The third-order valence-electron chi connectivity index (χ3n) is 4.58. The van der Waals surface area contributed by atoms with Crippen LogP contribution in [-0.2, 0) is 6.67 Å². The van der Waals surface area contributed by atoms with E-state index in [1.807, 2.05) is 28.8 Å². The minimum atomic E-state index is -0.540. The molecule has 0 saturated carbocycles. The number of carbonyl (C=O) groups is 1. The lowest BCUT2D eigenvalue weighted by molar-refractivity contribution is 0.0990. The molecule has 0 bridgehead atoms. The molecule has 26 heavy (non-hydrogen) atoms. The van der Waals surface area contributed by atoms with Crippen LogP contribution in [0.4, 0.5) is 5.69 Å². The summed E-state index contributed by atoms with van der Waals surface area (Å²) in [6.07, 6.45) is 3.87. The first-order valence-electron chi connectivity index (χ1n) is 8.63. The summed E-state index contributed by atoms with van der Waals surface area (Å²) in [4.78, 5) is 18.4. The van der Waals surface area contributed by atoms with Gasteiger partial charge in [0.05, 0.1) is 12.2 Å². The molecule has 1 fully saturated rings. The molecule has 1 aromatic carbocycles. The largest absolute Gasteiger partial charge is 0.493 e. The Hall–Kier alpha value is -3.06. The second-order valence-electron chi connectivity index (χ2n) is 6.30. The molecule has 0 unspecified atom stereocenters. The van der Waals surface area contributed by atoms with Gasteiger partial charge < -0.3 is 5.11 Å². The van der Waals surface area contributed by atoms with Crippen LogP contribution in [0.3, 0.4) is 0 Å². The zero-order chi connectivity index (χ0) is 17.9. The number of carbonyl (C=O) groups excluding carboxylic acids is 1. The number of pyridine rings is 1. The molecule has 1 aliphatic heterocycles. The number of benzene rings is 1. The highest BCUT2D eigenvalue weighted by Crippen LogP contribution is 2.39. The number of aromatic nitrogens is 2. The topological polar surface area (TPSA) is 83.1 Å². The van der Waals surface area contributed by atoms with Gasteiger partial charge in [-0.05, 0) is 44.1 Å². The Morgan fingerprint density at radius 2 is 1.88 bits per heavy atom. The van der Waals surface area contributed by atoms with Crippen molar-refractivity contribution in [3.05, 3.63) is 54.4 Å². The monoisotopic (exact) mass is 349 g/mol. The normalized spacial score (nSPS) is 15.2. The van der Waals surface area contributed by atoms with Crippen LogP contribution < -0.4 is 0 Å². The average Bonchev–Trinajstić information content (AvgIpc) is 3.28. The molecule has 0 spiro atoms. The zero-order valence-corrected chi connectivity index (χ0v) is 14.2. The van der Waals surface area contributed by atoms with Crippen molar-refractivity contribution < 1.29 is 9.90 Å². The molecule has 7 heteroatoms. The first-order valence-corrected chi connectivity index (χ1v) is 8.63. The molecule has 1 aliphatic rings. The average molecular weight is 349 g/mol. The van der Waals surface area contributed by atoms with Gasteiger partial charge in [0.1, 0.15) is 5.69 Å². The third kappa shape index (κ3) is 3.09. The lowest BCUT2D eigenvalue weighted by Gasteiger charge is -2.17. The SMILES string of the molecule is O=C(N=Nc1c(O)n(CN2CCCC2)c2ccccc12)c1ccccn1. The van der Waals surface area contributed by atoms with Gasteiger partial charge in [-0.2, -0.15) is 0 Å². The summed E-state index contributed by atoms with van der Waals surface area (Å²) in [6.45, 7) is 2.62. The van der Waals surface area contributed by atoms with Gasteiger partial charge in [-0.3, -0.25) is 19.2 Å². The Labute approximate surface area is 150 Å². The van der Waals surface area contributed by atoms with E-state index in [-0.39, 0.29) is 11.6 Å². The number of likely N-dealkylation sites (tertiary alicyclic amines) is 1. The van der Waals surface area contributed by atoms with Crippen LogP contribution >= 0.6 is 0 Å². The number of aromatic hydroxyl groups is 1. The summed E-state index contributed by atoms with van der Waals surface area (Å²) < 4.78 is 1.82. The van der Waals surface area contributed by atoms with Crippen molar-refractivity contribution in [2.45, 2.75) is 19.5 Å². The number of hydrogen-bond acceptors (Lipinski definition) is 5. The molecule has 4 rings (SSSR count). The lowest BCUT2D eigenvalue weighted by Crippen LogP contribution is -2.22. The Morgan fingerprint density at radius 3 is 2.65 bits per heavy atom. The van der Waals surface area contributed by atoms with Crippen LogP contribution in [0.25, 0.3) is 10.9 Å². The summed E-state index contributed by atoms with van der Waals surface area (Å²) in [5.74, 6) is -0.517. The first kappa shape index (κ1) is 16.4. The van der Waals surface area contributed by atoms with E-state index < -0.39 is 5.91 Å². The number of rotatable bonds is 4. The van der Waals surface area contributed by atoms with E-state index in [0.29, 0.717) is 12.4 Å². The van der Waals surface area contributed by atoms with Crippen LogP contribution in [0, 0.1) is 0 Å². The maximum absolute atomic E-state index is 12.1. The summed E-state index contributed by atoms with van der Waals surface area (Å²) >= 11 is 0. The fourth-order valence-electron chi connectivity index (χ4n) is 3.27. The Kier molecular flexibility index (Phi) is 4.45. The standard InChI is InChI=1S/C19H19N5O2/c25-18(15-8-3-4-10-20-15)22-21-17-14-7-1-2-9-16(14)24(19(17)26)13-23-11-5-6-12-23/h1-4,7-10,26H,5-6,11-13H2. The quantitative estimate of drug-likeness (QED) is 0.728. The summed E-state index contributed by atoms with van der Waals surface area (Å²) in [5.41, 5.74) is 1.40. The van der Waals surface area contributed by atoms with Crippen molar-refractivity contribution in [3.63, 3.8) is 0 Å². The van der Waals surface area contributed by atoms with Crippen molar-refractivity contribution >= 4 is 22.5 Å². The maximum Gasteiger partial charge on any atom is 0.313 e. The fraction of sp³-hybridized carbons (Fsp3) is 0.263. The second kappa shape index (κ2) is 7.05. The Balaban J connectivity index is 1.69. The molecular formula is C19H19N5O2. The van der Waals surface area contributed by atoms with E-state index in [0.717, 1.165) is 24.0 Å². The highest BCUT2D eigenvalue weighted by atomic mass is 16.3. The van der Waals surface area contributed by atoms with Gasteiger partial charge in [-0.25, -0.2) is 0 Å². The van der Waals surface area contributed by atoms with E-state index in [1.165, 1.54) is 19.0 Å². The van der Waals surface area contributed by atoms with Crippen molar-refractivity contribution in [3.8, 4) is 5.88 Å². The molecule has 0 radical (unpaired) electrons. The van der Waals surface area contributed by atoms with E-state index >= 15 is 0 Å². The van der Waals surface area contributed by atoms with Crippen molar-refractivity contribution in [1.82, 2.24) is 14.5 Å². The fourth-order valence-corrected chi connectivity index (χ4v) is 3.27. The lowest BCUT2D eigenvalue weighted by atomic mass is 10.2. The van der Waals surface area contributed by atoms with Crippen LogP contribution in [-0.4, -0.2) is 38.6 Å². The minimum Gasteiger partial charge on any atom is -0.493 e. The zero-order valence-electron chi connectivity index (χ0n) is 14.2. The maximum atomic E-state index is 12.1. The van der Waals surface area contributed by atoms with E-state index in [2.05, 4.69) is 20.1 Å². The molecule has 0 atom stereocenters. The van der Waals surface area contributed by atoms with E-state index in [1.54, 1.807) is 18.2 Å². The highest BCUT2D eigenvalue weighted by Gasteiger charge is 2.20. The van der Waals surface area contributed by atoms with Crippen molar-refractivity contribution in [2.75, 3.05) is 13.1 Å². The number of hydrogen-bond donors (Lipinski definition) is 1. The molecule has 7 nitrogen and oxygen atoms in total. The van der Waals surface area contributed by atoms with Gasteiger partial charge in [-0.1, -0.05) is 24.3 Å². The first-order chi connectivity index (χ1) is 12.7. The molecule has 1 N–H and O–H groups in total. The van der Waals surface area contributed by atoms with Gasteiger partial charge >= 0.3 is 5.91 Å². The predicted octanol–water partition coefficient (Wildman–Crippen LogP) is 3.72. The smallest absolute Gasteiger partial charge is 0.313 e. The van der Waals surface area contributed by atoms with Crippen LogP contribution in [0.15, 0.2) is 58.9 Å². The minimum absolute atomic E-state index is 0.0238. The number of amides is 1. The summed E-state index contributed by atoms with van der Waals surface area (Å²) in [6, 6.07) is 12.6. The van der Waals surface area contributed by atoms with Gasteiger partial charge in [-0.15, -0.1) is 10.2 Å². The predicted molar refractivity (Wildman–Crippen MR) is 97.5 cm³/mol. The van der Waals surface area contributed by atoms with Crippen molar-refractivity contribution in [2.24, 2.45) is 10.2 Å². The second-order valence-corrected chi connectivity index (χ2v) is 6.30. The summed E-state index contributed by atoms with van der Waals surface area (Å²) in [7, 11) is 0. The number of fused-ring (bicyclic) bond motifs is 1. The molecule has 2 aromatic heterocycles. The number of para-hydroxylation sites is 1. The van der Waals surface area contributed by atoms with E-state index in [9.17, 15) is 9.90 Å². The molecule has 3 aromatic rings. The number of azo groups is 1. The van der Waals surface area contributed by atoms with Crippen LogP contribution in [0.5, 0.6) is 5.88 Å². The van der Waals surface area contributed by atoms with Gasteiger partial charge in [0, 0.05) is 11.6 Å². The molecule has 1 saturated heterocycles. The van der Waals surface area contributed by atoms with Gasteiger partial charge in [0.15, 0.2) is 5.69 Å². The molecular weight excluding hydrogens is 330 g/mol. The molecule has 0 aliphatic carbocycles. The number of nitrogens with zero attached hydrogens (tertiary/aromatic N) is 5. The van der Waals surface area contributed by atoms with Crippen LogP contribution in [0.1, 0.15) is 23.3 Å². The molecule has 3 heterocycles. The summed E-state index contributed by atoms with van der Waals surface area (Å²) in [5, 5.41) is 19.3.